The van der Waals surface area contributed by atoms with Crippen molar-refractivity contribution in [3.8, 4) is 12.3 Å². The molecular formula is C16H20ClN. The van der Waals surface area contributed by atoms with E-state index in [1.54, 1.807) is 0 Å². The maximum absolute atomic E-state index is 5.93. The zero-order valence-corrected chi connectivity index (χ0v) is 11.4. The van der Waals surface area contributed by atoms with E-state index in [1.807, 2.05) is 12.1 Å². The quantitative estimate of drug-likeness (QED) is 0.573. The van der Waals surface area contributed by atoms with Crippen molar-refractivity contribution < 1.29 is 0 Å². The number of hydrogen-bond donors (Lipinski definition) is 1. The Morgan fingerprint density at radius 3 is 2.61 bits per heavy atom. The van der Waals surface area contributed by atoms with E-state index < -0.39 is 0 Å². The van der Waals surface area contributed by atoms with Crippen LogP contribution in [0.3, 0.4) is 0 Å². The second-order valence-electron chi connectivity index (χ2n) is 4.98. The van der Waals surface area contributed by atoms with E-state index in [-0.39, 0.29) is 0 Å². The van der Waals surface area contributed by atoms with E-state index in [0.717, 1.165) is 36.7 Å². The molecule has 0 bridgehead atoms. The maximum atomic E-state index is 5.93. The first-order valence-electron chi connectivity index (χ1n) is 6.73. The summed E-state index contributed by atoms with van der Waals surface area (Å²) < 4.78 is 0. The predicted octanol–water partition coefficient (Wildman–Crippen LogP) is 4.18. The van der Waals surface area contributed by atoms with Crippen molar-refractivity contribution in [2.24, 2.45) is 5.92 Å². The molecule has 0 heterocycles. The molecule has 1 aliphatic rings. The Balaban J connectivity index is 1.85. The third kappa shape index (κ3) is 4.05. The van der Waals surface area contributed by atoms with Crippen LogP contribution in [0.2, 0.25) is 5.02 Å². The lowest BCUT2D eigenvalue weighted by atomic mass is 10.0. The molecule has 0 aliphatic heterocycles. The highest BCUT2D eigenvalue weighted by Gasteiger charge is 2.31. The summed E-state index contributed by atoms with van der Waals surface area (Å²) in [7, 11) is 0. The molecule has 0 amide bonds. The van der Waals surface area contributed by atoms with Crippen LogP contribution >= 0.6 is 11.6 Å². The molecule has 1 atom stereocenters. The highest BCUT2D eigenvalue weighted by atomic mass is 35.5. The van der Waals surface area contributed by atoms with Crippen LogP contribution in [0.25, 0.3) is 0 Å². The van der Waals surface area contributed by atoms with E-state index in [9.17, 15) is 0 Å². The van der Waals surface area contributed by atoms with E-state index in [4.69, 9.17) is 18.0 Å². The van der Waals surface area contributed by atoms with Gasteiger partial charge in [0.1, 0.15) is 0 Å². The van der Waals surface area contributed by atoms with Gasteiger partial charge in [-0.3, -0.25) is 0 Å². The normalized spacial score (nSPS) is 16.2. The topological polar surface area (TPSA) is 12.0 Å². The minimum Gasteiger partial charge on any atom is -0.310 e. The summed E-state index contributed by atoms with van der Waals surface area (Å²) >= 11 is 5.93. The molecule has 1 saturated carbocycles. The number of terminal acetylenes is 1. The number of rotatable bonds is 7. The molecule has 1 nitrogen and oxygen atoms in total. The number of unbranched alkanes of at least 4 members (excludes halogenated alkanes) is 2. The highest BCUT2D eigenvalue weighted by molar-refractivity contribution is 6.30. The maximum Gasteiger partial charge on any atom is 0.0406 e. The molecule has 1 aliphatic carbocycles. The Kier molecular flexibility index (Phi) is 5.11. The molecule has 96 valence electrons. The largest absolute Gasteiger partial charge is 0.310 e. The molecule has 1 aromatic carbocycles. The minimum absolute atomic E-state index is 0.494. The lowest BCUT2D eigenvalue weighted by Gasteiger charge is -2.18. The van der Waals surface area contributed by atoms with E-state index in [1.165, 1.54) is 18.4 Å². The van der Waals surface area contributed by atoms with Crippen molar-refractivity contribution in [2.45, 2.75) is 38.1 Å². The molecule has 1 unspecified atom stereocenters. The van der Waals surface area contributed by atoms with Gasteiger partial charge in [-0.15, -0.1) is 12.3 Å². The van der Waals surface area contributed by atoms with Gasteiger partial charge in [-0.1, -0.05) is 23.7 Å². The molecular weight excluding hydrogens is 242 g/mol. The molecule has 0 spiro atoms. The zero-order chi connectivity index (χ0) is 12.8. The third-order valence-corrected chi connectivity index (χ3v) is 3.69. The van der Waals surface area contributed by atoms with E-state index in [0.29, 0.717) is 6.04 Å². The first kappa shape index (κ1) is 13.5. The summed E-state index contributed by atoms with van der Waals surface area (Å²) in [5.74, 6) is 3.49. The average Bonchev–Trinajstić information content (AvgIpc) is 3.20. The summed E-state index contributed by atoms with van der Waals surface area (Å²) in [6, 6.07) is 8.73. The molecule has 1 N–H and O–H groups in total. The van der Waals surface area contributed by atoms with Gasteiger partial charge in [0.05, 0.1) is 0 Å². The van der Waals surface area contributed by atoms with Gasteiger partial charge in [0, 0.05) is 17.5 Å². The molecule has 2 rings (SSSR count). The highest BCUT2D eigenvalue weighted by Crippen LogP contribution is 2.41. The Hall–Kier alpha value is -0.970. The third-order valence-electron chi connectivity index (χ3n) is 3.43. The molecule has 18 heavy (non-hydrogen) atoms. The number of halogens is 1. The van der Waals surface area contributed by atoms with Crippen molar-refractivity contribution >= 4 is 11.6 Å². The van der Waals surface area contributed by atoms with Crippen LogP contribution in [0.15, 0.2) is 24.3 Å². The van der Waals surface area contributed by atoms with Crippen LogP contribution < -0.4 is 5.32 Å². The zero-order valence-electron chi connectivity index (χ0n) is 10.7. The van der Waals surface area contributed by atoms with Crippen molar-refractivity contribution in [2.75, 3.05) is 6.54 Å². The Morgan fingerprint density at radius 1 is 1.28 bits per heavy atom. The van der Waals surface area contributed by atoms with Crippen molar-refractivity contribution in [3.05, 3.63) is 34.9 Å². The first-order valence-corrected chi connectivity index (χ1v) is 7.11. The average molecular weight is 262 g/mol. The van der Waals surface area contributed by atoms with Crippen molar-refractivity contribution in [3.63, 3.8) is 0 Å². The van der Waals surface area contributed by atoms with Crippen molar-refractivity contribution in [1.29, 1.82) is 0 Å². The van der Waals surface area contributed by atoms with Crippen LogP contribution in [0.5, 0.6) is 0 Å². The fraction of sp³-hybridized carbons (Fsp3) is 0.500. The summed E-state index contributed by atoms with van der Waals surface area (Å²) in [6.45, 7) is 1.05. The summed E-state index contributed by atoms with van der Waals surface area (Å²) in [5.41, 5.74) is 1.36. The van der Waals surface area contributed by atoms with Gasteiger partial charge in [-0.25, -0.2) is 0 Å². The second kappa shape index (κ2) is 6.83. The fourth-order valence-electron chi connectivity index (χ4n) is 2.27. The summed E-state index contributed by atoms with van der Waals surface area (Å²) in [4.78, 5) is 0. The Morgan fingerprint density at radius 2 is 2.00 bits per heavy atom. The van der Waals surface area contributed by atoms with Gasteiger partial charge in [-0.05, 0) is 55.8 Å². The van der Waals surface area contributed by atoms with E-state index >= 15 is 0 Å². The fourth-order valence-corrected chi connectivity index (χ4v) is 2.39. The van der Waals surface area contributed by atoms with Gasteiger partial charge < -0.3 is 5.32 Å². The summed E-state index contributed by atoms with van der Waals surface area (Å²) in [6.07, 6.45) is 11.1. The van der Waals surface area contributed by atoms with Crippen molar-refractivity contribution in [1.82, 2.24) is 5.32 Å². The lowest BCUT2D eigenvalue weighted by molar-refractivity contribution is 0.471. The van der Waals surface area contributed by atoms with Gasteiger partial charge in [-0.2, -0.15) is 0 Å². The van der Waals surface area contributed by atoms with Gasteiger partial charge in [0.25, 0.3) is 0 Å². The van der Waals surface area contributed by atoms with Crippen LogP contribution in [0.4, 0.5) is 0 Å². The van der Waals surface area contributed by atoms with Crippen LogP contribution in [0, 0.1) is 18.3 Å². The van der Waals surface area contributed by atoms with Gasteiger partial charge in [0.2, 0.25) is 0 Å². The Labute approximate surface area is 115 Å². The molecule has 1 fully saturated rings. The lowest BCUT2D eigenvalue weighted by Crippen LogP contribution is -2.24. The molecule has 2 heteroatoms. The predicted molar refractivity (Wildman–Crippen MR) is 77.6 cm³/mol. The molecule has 0 aromatic heterocycles. The number of hydrogen-bond acceptors (Lipinski definition) is 1. The Bertz CT molecular complexity index is 400. The molecule has 0 radical (unpaired) electrons. The van der Waals surface area contributed by atoms with Crippen LogP contribution in [-0.4, -0.2) is 6.54 Å². The molecule has 1 aromatic rings. The number of benzene rings is 1. The van der Waals surface area contributed by atoms with Gasteiger partial charge >= 0.3 is 0 Å². The molecule has 0 saturated heterocycles. The minimum atomic E-state index is 0.494. The first-order chi connectivity index (χ1) is 8.81. The van der Waals surface area contributed by atoms with Gasteiger partial charge in [0.15, 0.2) is 0 Å². The second-order valence-corrected chi connectivity index (χ2v) is 5.42. The number of nitrogens with one attached hydrogen (secondary N) is 1. The summed E-state index contributed by atoms with van der Waals surface area (Å²) in [5, 5.41) is 4.47. The smallest absolute Gasteiger partial charge is 0.0406 e. The standard InChI is InChI=1S/C16H20ClN/c1-2-3-4-5-12-18-16(13-6-7-13)14-8-10-15(17)11-9-14/h1,8-11,13,16,18H,3-7,12H2. The monoisotopic (exact) mass is 261 g/mol. The SMILES string of the molecule is C#CCCCCNC(c1ccc(Cl)cc1)C1CC1. The van der Waals surface area contributed by atoms with E-state index in [2.05, 4.69) is 23.4 Å². The van der Waals surface area contributed by atoms with Crippen LogP contribution in [-0.2, 0) is 0 Å². The van der Waals surface area contributed by atoms with Crippen LogP contribution in [0.1, 0.15) is 43.7 Å².